The summed E-state index contributed by atoms with van der Waals surface area (Å²) in [5.74, 6) is -0.448. The molecule has 0 aromatic rings. The van der Waals surface area contributed by atoms with Crippen LogP contribution in [0.25, 0.3) is 0 Å². The molecule has 1 unspecified atom stereocenters. The maximum Gasteiger partial charge on any atom is 0.246 e. The predicted molar refractivity (Wildman–Crippen MR) is 49.1 cm³/mol. The van der Waals surface area contributed by atoms with Gasteiger partial charge >= 0.3 is 0 Å². The first-order valence-electron chi connectivity index (χ1n) is 4.41. The fraction of sp³-hybridized carbons (Fsp3) is 0.667. The number of carbonyl (C=O) groups excluding carboxylic acids is 1. The summed E-state index contributed by atoms with van der Waals surface area (Å²) in [6.07, 6.45) is 2.40. The van der Waals surface area contributed by atoms with Crippen LogP contribution in [0.2, 0.25) is 0 Å². The molecule has 1 heterocycles. The summed E-state index contributed by atoms with van der Waals surface area (Å²) in [5.41, 5.74) is 5.22. The SMILES string of the molecule is CCC1C(C(N)=O)=CC(C)(C)N1O. The molecule has 74 valence electrons. The van der Waals surface area contributed by atoms with E-state index in [1.165, 1.54) is 5.06 Å². The third kappa shape index (κ3) is 1.59. The summed E-state index contributed by atoms with van der Waals surface area (Å²) in [7, 11) is 0. The van der Waals surface area contributed by atoms with E-state index in [9.17, 15) is 10.0 Å². The van der Waals surface area contributed by atoms with Gasteiger partial charge in [0.05, 0.1) is 11.6 Å². The van der Waals surface area contributed by atoms with Crippen LogP contribution in [0.1, 0.15) is 27.2 Å². The maximum absolute atomic E-state index is 11.0. The maximum atomic E-state index is 11.0. The van der Waals surface area contributed by atoms with Crippen molar-refractivity contribution >= 4 is 5.91 Å². The number of primary amides is 1. The number of hydrogen-bond acceptors (Lipinski definition) is 3. The Labute approximate surface area is 78.0 Å². The molecule has 0 spiro atoms. The highest BCUT2D eigenvalue weighted by atomic mass is 16.5. The molecule has 0 aliphatic carbocycles. The van der Waals surface area contributed by atoms with Gasteiger partial charge in [-0.3, -0.25) is 4.79 Å². The molecule has 0 fully saturated rings. The Morgan fingerprint density at radius 1 is 1.77 bits per heavy atom. The molecule has 4 nitrogen and oxygen atoms in total. The fourth-order valence-electron chi connectivity index (χ4n) is 1.70. The molecule has 0 saturated heterocycles. The Bertz CT molecular complexity index is 258. The lowest BCUT2D eigenvalue weighted by Gasteiger charge is -2.29. The van der Waals surface area contributed by atoms with Gasteiger partial charge in [-0.2, -0.15) is 5.06 Å². The van der Waals surface area contributed by atoms with Crippen molar-refractivity contribution < 1.29 is 10.0 Å². The van der Waals surface area contributed by atoms with Crippen molar-refractivity contribution in [3.63, 3.8) is 0 Å². The van der Waals surface area contributed by atoms with Crippen LogP contribution in [0.5, 0.6) is 0 Å². The first-order chi connectivity index (χ1) is 5.90. The van der Waals surface area contributed by atoms with Gasteiger partial charge in [0.15, 0.2) is 0 Å². The normalized spacial score (nSPS) is 27.4. The summed E-state index contributed by atoms with van der Waals surface area (Å²) in [6, 6.07) is -0.257. The fourth-order valence-corrected chi connectivity index (χ4v) is 1.70. The second-order valence-electron chi connectivity index (χ2n) is 3.89. The zero-order chi connectivity index (χ0) is 10.2. The summed E-state index contributed by atoms with van der Waals surface area (Å²) in [4.78, 5) is 11.0. The molecular formula is C9H16N2O2. The van der Waals surface area contributed by atoms with E-state index in [0.717, 1.165) is 0 Å². The average molecular weight is 184 g/mol. The molecule has 0 bridgehead atoms. The molecule has 1 aliphatic heterocycles. The zero-order valence-corrected chi connectivity index (χ0v) is 8.24. The van der Waals surface area contributed by atoms with Crippen molar-refractivity contribution in [2.75, 3.05) is 0 Å². The van der Waals surface area contributed by atoms with Crippen molar-refractivity contribution in [3.05, 3.63) is 11.6 Å². The van der Waals surface area contributed by atoms with Gasteiger partial charge in [-0.25, -0.2) is 0 Å². The van der Waals surface area contributed by atoms with E-state index in [2.05, 4.69) is 0 Å². The van der Waals surface area contributed by atoms with Crippen LogP contribution < -0.4 is 5.73 Å². The van der Waals surface area contributed by atoms with Crippen LogP contribution in [-0.4, -0.2) is 27.8 Å². The minimum atomic E-state index is -0.495. The monoisotopic (exact) mass is 184 g/mol. The second-order valence-corrected chi connectivity index (χ2v) is 3.89. The van der Waals surface area contributed by atoms with Gasteiger partial charge in [0.25, 0.3) is 0 Å². The van der Waals surface area contributed by atoms with Crippen LogP contribution in [0.4, 0.5) is 0 Å². The first-order valence-corrected chi connectivity index (χ1v) is 4.41. The molecule has 3 N–H and O–H groups in total. The van der Waals surface area contributed by atoms with E-state index in [4.69, 9.17) is 5.73 Å². The number of rotatable bonds is 2. The highest BCUT2D eigenvalue weighted by Gasteiger charge is 2.40. The number of hydroxylamine groups is 2. The minimum Gasteiger partial charge on any atom is -0.366 e. The number of hydrogen-bond donors (Lipinski definition) is 2. The third-order valence-corrected chi connectivity index (χ3v) is 2.42. The van der Waals surface area contributed by atoms with Crippen LogP contribution in [0, 0.1) is 0 Å². The highest BCUT2D eigenvalue weighted by Crippen LogP contribution is 2.31. The first kappa shape index (κ1) is 10.2. The lowest BCUT2D eigenvalue weighted by molar-refractivity contribution is -0.158. The molecule has 0 aromatic carbocycles. The van der Waals surface area contributed by atoms with E-state index >= 15 is 0 Å². The Morgan fingerprint density at radius 3 is 2.62 bits per heavy atom. The molecule has 0 saturated carbocycles. The van der Waals surface area contributed by atoms with Crippen molar-refractivity contribution in [2.24, 2.45) is 5.73 Å². The standard InChI is InChI=1S/C9H16N2O2/c1-4-7-6(8(10)12)5-9(2,3)11(7)13/h5,7,13H,4H2,1-3H3,(H2,10,12). The van der Waals surface area contributed by atoms with E-state index in [1.54, 1.807) is 6.08 Å². The number of nitrogens with zero attached hydrogens (tertiary/aromatic N) is 1. The van der Waals surface area contributed by atoms with Gasteiger partial charge in [-0.15, -0.1) is 0 Å². The van der Waals surface area contributed by atoms with Gasteiger partial charge in [0.1, 0.15) is 0 Å². The Kier molecular flexibility index (Phi) is 2.45. The topological polar surface area (TPSA) is 66.6 Å². The van der Waals surface area contributed by atoms with Crippen molar-refractivity contribution in [3.8, 4) is 0 Å². The van der Waals surface area contributed by atoms with Crippen molar-refractivity contribution in [1.82, 2.24) is 5.06 Å². The van der Waals surface area contributed by atoms with Gasteiger partial charge in [-0.1, -0.05) is 13.0 Å². The van der Waals surface area contributed by atoms with E-state index in [0.29, 0.717) is 12.0 Å². The van der Waals surface area contributed by atoms with Gasteiger partial charge < -0.3 is 10.9 Å². The van der Waals surface area contributed by atoms with Crippen LogP contribution >= 0.6 is 0 Å². The van der Waals surface area contributed by atoms with E-state index in [-0.39, 0.29) is 6.04 Å². The number of carbonyl (C=O) groups is 1. The van der Waals surface area contributed by atoms with Gasteiger partial charge in [-0.05, 0) is 20.3 Å². The Morgan fingerprint density at radius 2 is 2.31 bits per heavy atom. The second kappa shape index (κ2) is 3.12. The molecule has 1 rings (SSSR count). The molecule has 0 aromatic heterocycles. The van der Waals surface area contributed by atoms with Crippen molar-refractivity contribution in [1.29, 1.82) is 0 Å². The summed E-state index contributed by atoms with van der Waals surface area (Å²) < 4.78 is 0. The van der Waals surface area contributed by atoms with E-state index < -0.39 is 11.4 Å². The number of amides is 1. The van der Waals surface area contributed by atoms with Gasteiger partial charge in [0.2, 0.25) is 5.91 Å². The molecule has 4 heteroatoms. The number of nitrogens with two attached hydrogens (primary N) is 1. The summed E-state index contributed by atoms with van der Waals surface area (Å²) in [5, 5.41) is 10.9. The summed E-state index contributed by atoms with van der Waals surface area (Å²) >= 11 is 0. The summed E-state index contributed by atoms with van der Waals surface area (Å²) in [6.45, 7) is 5.59. The highest BCUT2D eigenvalue weighted by molar-refractivity contribution is 5.94. The molecule has 13 heavy (non-hydrogen) atoms. The average Bonchev–Trinajstić information content (AvgIpc) is 2.24. The third-order valence-electron chi connectivity index (χ3n) is 2.42. The quantitative estimate of drug-likeness (QED) is 0.662. The molecule has 1 atom stereocenters. The largest absolute Gasteiger partial charge is 0.366 e. The Balaban J connectivity index is 3.01. The van der Waals surface area contributed by atoms with Crippen molar-refractivity contribution in [2.45, 2.75) is 38.8 Å². The van der Waals surface area contributed by atoms with Crippen LogP contribution in [0.3, 0.4) is 0 Å². The van der Waals surface area contributed by atoms with Gasteiger partial charge in [0, 0.05) is 5.57 Å². The molecular weight excluding hydrogens is 168 g/mol. The lowest BCUT2D eigenvalue weighted by Crippen LogP contribution is -2.42. The van der Waals surface area contributed by atoms with Crippen LogP contribution in [-0.2, 0) is 4.79 Å². The van der Waals surface area contributed by atoms with Crippen LogP contribution in [0.15, 0.2) is 11.6 Å². The smallest absolute Gasteiger partial charge is 0.246 e. The molecule has 1 amide bonds. The minimum absolute atomic E-state index is 0.257. The lowest BCUT2D eigenvalue weighted by atomic mass is 10.1. The Hall–Kier alpha value is -0.870. The predicted octanol–water partition coefficient (Wildman–Crippen LogP) is 0.660. The zero-order valence-electron chi connectivity index (χ0n) is 8.24. The molecule has 1 aliphatic rings. The van der Waals surface area contributed by atoms with E-state index in [1.807, 2.05) is 20.8 Å². The molecule has 0 radical (unpaired) electrons.